The molecule has 0 unspecified atom stereocenters. The Bertz CT molecular complexity index is 451. The topological polar surface area (TPSA) is 34.1 Å². The molecule has 0 saturated heterocycles. The van der Waals surface area contributed by atoms with Gasteiger partial charge in [0.15, 0.2) is 0 Å². The lowest BCUT2D eigenvalue weighted by Gasteiger charge is -1.99. The second-order valence-electron chi connectivity index (χ2n) is 2.57. The van der Waals surface area contributed by atoms with Crippen LogP contribution in [0.4, 0.5) is 0 Å². The maximum Gasteiger partial charge on any atom is 0.252 e. The molecule has 0 bridgehead atoms. The molecular formula is C10H3Cl3O2. The van der Waals surface area contributed by atoms with E-state index in [-0.39, 0.29) is 11.1 Å². The standard InChI is InChI=1S/C10H3Cl3O2/c11-2-1-6-3-7(9(12)14)5-8(4-6)10(13)15/h3-5H. The lowest BCUT2D eigenvalue weighted by molar-refractivity contribution is 0.108. The van der Waals surface area contributed by atoms with Crippen LogP contribution >= 0.6 is 34.8 Å². The SMILES string of the molecule is O=C(Cl)c1cc(C#CCl)cc(C(=O)Cl)c1. The smallest absolute Gasteiger partial charge is 0.252 e. The van der Waals surface area contributed by atoms with Crippen molar-refractivity contribution in [1.29, 1.82) is 0 Å². The molecule has 0 fully saturated rings. The van der Waals surface area contributed by atoms with E-state index in [1.807, 2.05) is 0 Å². The van der Waals surface area contributed by atoms with Crippen molar-refractivity contribution in [1.82, 2.24) is 0 Å². The number of benzene rings is 1. The Balaban J connectivity index is 3.36. The molecule has 0 N–H and O–H groups in total. The summed E-state index contributed by atoms with van der Waals surface area (Å²) in [4.78, 5) is 21.8. The molecule has 1 aromatic carbocycles. The van der Waals surface area contributed by atoms with E-state index in [2.05, 4.69) is 11.3 Å². The van der Waals surface area contributed by atoms with Gasteiger partial charge in [-0.15, -0.1) is 0 Å². The van der Waals surface area contributed by atoms with E-state index in [0.29, 0.717) is 5.56 Å². The van der Waals surface area contributed by atoms with Gasteiger partial charge in [0.2, 0.25) is 0 Å². The third-order valence-electron chi connectivity index (χ3n) is 1.58. The molecule has 0 aliphatic rings. The minimum Gasteiger partial charge on any atom is -0.276 e. The maximum atomic E-state index is 10.9. The second kappa shape index (κ2) is 5.18. The fraction of sp³-hybridized carbons (Fsp3) is 0. The Hall–Kier alpha value is -1.01. The molecule has 15 heavy (non-hydrogen) atoms. The molecule has 0 radical (unpaired) electrons. The first-order valence-electron chi connectivity index (χ1n) is 3.71. The van der Waals surface area contributed by atoms with Gasteiger partial charge in [0.1, 0.15) is 0 Å². The van der Waals surface area contributed by atoms with Gasteiger partial charge >= 0.3 is 0 Å². The van der Waals surface area contributed by atoms with Crippen LogP contribution in [-0.2, 0) is 0 Å². The summed E-state index contributed by atoms with van der Waals surface area (Å²) in [5.41, 5.74) is 0.704. The molecule has 0 atom stereocenters. The summed E-state index contributed by atoms with van der Waals surface area (Å²) in [6.07, 6.45) is 0. The van der Waals surface area contributed by atoms with Gasteiger partial charge in [-0.2, -0.15) is 0 Å². The Morgan fingerprint density at radius 1 is 1.00 bits per heavy atom. The van der Waals surface area contributed by atoms with Gasteiger partial charge in [-0.05, 0) is 58.9 Å². The monoisotopic (exact) mass is 260 g/mol. The first kappa shape index (κ1) is 12.1. The van der Waals surface area contributed by atoms with Crippen LogP contribution in [0.15, 0.2) is 18.2 Å². The van der Waals surface area contributed by atoms with E-state index in [1.54, 1.807) is 0 Å². The van der Waals surface area contributed by atoms with Crippen molar-refractivity contribution >= 4 is 45.3 Å². The van der Waals surface area contributed by atoms with Gasteiger partial charge < -0.3 is 0 Å². The number of rotatable bonds is 2. The van der Waals surface area contributed by atoms with E-state index in [1.165, 1.54) is 18.2 Å². The summed E-state index contributed by atoms with van der Waals surface area (Å²) in [5, 5.41) is 0.755. The predicted molar refractivity (Wildman–Crippen MR) is 59.5 cm³/mol. The zero-order valence-electron chi connectivity index (χ0n) is 7.18. The highest BCUT2D eigenvalue weighted by Crippen LogP contribution is 2.14. The molecule has 1 rings (SSSR count). The van der Waals surface area contributed by atoms with Crippen LogP contribution in [0.25, 0.3) is 0 Å². The van der Waals surface area contributed by atoms with Crippen molar-refractivity contribution < 1.29 is 9.59 Å². The average Bonchev–Trinajstić information content (AvgIpc) is 2.17. The van der Waals surface area contributed by atoms with Gasteiger partial charge in [0, 0.05) is 22.1 Å². The molecular weight excluding hydrogens is 258 g/mol. The molecule has 0 aliphatic heterocycles. The van der Waals surface area contributed by atoms with Gasteiger partial charge in [-0.25, -0.2) is 0 Å². The van der Waals surface area contributed by atoms with Crippen molar-refractivity contribution in [3.05, 3.63) is 34.9 Å². The van der Waals surface area contributed by atoms with Crippen LogP contribution < -0.4 is 0 Å². The number of hydrogen-bond donors (Lipinski definition) is 0. The van der Waals surface area contributed by atoms with Gasteiger partial charge in [0.05, 0.1) is 0 Å². The van der Waals surface area contributed by atoms with E-state index in [0.717, 1.165) is 0 Å². The van der Waals surface area contributed by atoms with Crippen LogP contribution in [0.5, 0.6) is 0 Å². The van der Waals surface area contributed by atoms with Crippen LogP contribution in [-0.4, -0.2) is 10.5 Å². The van der Waals surface area contributed by atoms with Crippen LogP contribution in [0.3, 0.4) is 0 Å². The largest absolute Gasteiger partial charge is 0.276 e. The molecule has 0 aromatic heterocycles. The van der Waals surface area contributed by atoms with E-state index >= 15 is 0 Å². The first-order valence-corrected chi connectivity index (χ1v) is 4.84. The fourth-order valence-corrected chi connectivity index (χ4v) is 1.31. The number of carbonyl (C=O) groups excluding carboxylic acids is 2. The molecule has 2 nitrogen and oxygen atoms in total. The lowest BCUT2D eigenvalue weighted by atomic mass is 10.1. The van der Waals surface area contributed by atoms with Crippen molar-refractivity contribution in [2.75, 3.05) is 0 Å². The van der Waals surface area contributed by atoms with Gasteiger partial charge in [-0.3, -0.25) is 9.59 Å². The van der Waals surface area contributed by atoms with Crippen LogP contribution in [0.1, 0.15) is 26.3 Å². The number of carbonyl (C=O) groups is 2. The quantitative estimate of drug-likeness (QED) is 0.606. The van der Waals surface area contributed by atoms with Crippen molar-refractivity contribution in [3.8, 4) is 11.3 Å². The highest BCUT2D eigenvalue weighted by Gasteiger charge is 2.09. The van der Waals surface area contributed by atoms with Crippen molar-refractivity contribution in [2.45, 2.75) is 0 Å². The van der Waals surface area contributed by atoms with E-state index in [9.17, 15) is 9.59 Å². The first-order chi connectivity index (χ1) is 7.04. The summed E-state index contributed by atoms with van der Waals surface area (Å²) >= 11 is 15.8. The summed E-state index contributed by atoms with van der Waals surface area (Å²) in [6.45, 7) is 0. The highest BCUT2D eigenvalue weighted by molar-refractivity contribution is 6.69. The van der Waals surface area contributed by atoms with Crippen LogP contribution in [0.2, 0.25) is 0 Å². The highest BCUT2D eigenvalue weighted by atomic mass is 35.5. The zero-order chi connectivity index (χ0) is 11.4. The molecule has 1 aromatic rings. The predicted octanol–water partition coefficient (Wildman–Crippen LogP) is 2.99. The van der Waals surface area contributed by atoms with E-state index < -0.39 is 10.5 Å². The van der Waals surface area contributed by atoms with E-state index in [4.69, 9.17) is 34.8 Å². The Morgan fingerprint density at radius 3 is 1.80 bits per heavy atom. The maximum absolute atomic E-state index is 10.9. The Morgan fingerprint density at radius 2 is 1.47 bits per heavy atom. The Kier molecular flexibility index (Phi) is 4.16. The molecule has 0 saturated carbocycles. The molecule has 0 amide bonds. The lowest BCUT2D eigenvalue weighted by Crippen LogP contribution is -1.96. The molecule has 76 valence electrons. The van der Waals surface area contributed by atoms with Gasteiger partial charge in [0.25, 0.3) is 10.5 Å². The zero-order valence-corrected chi connectivity index (χ0v) is 9.45. The average molecular weight is 261 g/mol. The fourth-order valence-electron chi connectivity index (χ4n) is 0.981. The molecule has 5 heteroatoms. The van der Waals surface area contributed by atoms with Crippen LogP contribution in [0, 0.1) is 11.3 Å². The second-order valence-corrected chi connectivity index (χ2v) is 3.44. The summed E-state index contributed by atoms with van der Waals surface area (Å²) < 4.78 is 0. The minimum atomic E-state index is -0.688. The summed E-state index contributed by atoms with van der Waals surface area (Å²) in [6, 6.07) is 4.15. The number of hydrogen-bond acceptors (Lipinski definition) is 2. The summed E-state index contributed by atoms with van der Waals surface area (Å²) in [5.74, 6) is 2.49. The van der Waals surface area contributed by atoms with Crippen molar-refractivity contribution in [3.63, 3.8) is 0 Å². The summed E-state index contributed by atoms with van der Waals surface area (Å²) in [7, 11) is 0. The molecule has 0 aliphatic carbocycles. The third-order valence-corrected chi connectivity index (χ3v) is 2.11. The van der Waals surface area contributed by atoms with Gasteiger partial charge in [-0.1, -0.05) is 0 Å². The molecule has 0 heterocycles. The third kappa shape index (κ3) is 3.24. The minimum absolute atomic E-state index is 0.151. The number of halogens is 3. The normalized spacial score (nSPS) is 9.00. The molecule has 0 spiro atoms. The van der Waals surface area contributed by atoms with Crippen molar-refractivity contribution in [2.24, 2.45) is 0 Å². The Labute approximate surface area is 101 Å².